The number of halogens is 1. The Kier molecular flexibility index (Phi) is 4.12. The Morgan fingerprint density at radius 1 is 1.32 bits per heavy atom. The summed E-state index contributed by atoms with van der Waals surface area (Å²) in [5, 5.41) is 0. The quantitative estimate of drug-likeness (QED) is 0.918. The minimum atomic E-state index is -0.401. The first kappa shape index (κ1) is 13.5. The molecule has 1 heterocycles. The molecule has 19 heavy (non-hydrogen) atoms. The van der Waals surface area contributed by atoms with Gasteiger partial charge in [0.25, 0.3) is 0 Å². The number of hydrogen-bond donors (Lipinski definition) is 1. The molecule has 3 nitrogen and oxygen atoms in total. The van der Waals surface area contributed by atoms with Crippen molar-refractivity contribution >= 4 is 0 Å². The number of nitrogens with zero attached hydrogens (tertiary/aromatic N) is 1. The monoisotopic (exact) mass is 260 g/mol. The summed E-state index contributed by atoms with van der Waals surface area (Å²) in [6, 6.07) is 10.2. The van der Waals surface area contributed by atoms with E-state index in [9.17, 15) is 4.39 Å². The van der Waals surface area contributed by atoms with Gasteiger partial charge >= 0.3 is 0 Å². The second kappa shape index (κ2) is 5.80. The SMILES string of the molecule is Cc1cccc(COc2ccc([C@H](C)N)cc2F)n1. The van der Waals surface area contributed by atoms with Gasteiger partial charge in [0.15, 0.2) is 11.6 Å². The number of aryl methyl sites for hydroxylation is 1. The fraction of sp³-hybridized carbons (Fsp3) is 0.267. The molecule has 4 heteroatoms. The molecule has 0 spiro atoms. The van der Waals surface area contributed by atoms with E-state index in [4.69, 9.17) is 10.5 Å². The third-order valence-corrected chi connectivity index (χ3v) is 2.80. The highest BCUT2D eigenvalue weighted by molar-refractivity contribution is 5.30. The lowest BCUT2D eigenvalue weighted by Crippen LogP contribution is -2.06. The number of ether oxygens (including phenoxy) is 1. The van der Waals surface area contributed by atoms with Gasteiger partial charge in [-0.05, 0) is 43.7 Å². The van der Waals surface area contributed by atoms with E-state index in [2.05, 4.69) is 4.98 Å². The molecule has 2 rings (SSSR count). The maximum atomic E-state index is 13.8. The number of hydrogen-bond acceptors (Lipinski definition) is 3. The smallest absolute Gasteiger partial charge is 0.165 e. The molecule has 0 fully saturated rings. The molecule has 1 atom stereocenters. The van der Waals surface area contributed by atoms with Gasteiger partial charge in [0.1, 0.15) is 6.61 Å². The largest absolute Gasteiger partial charge is 0.484 e. The van der Waals surface area contributed by atoms with Crippen molar-refractivity contribution in [3.05, 3.63) is 59.2 Å². The highest BCUT2D eigenvalue weighted by Crippen LogP contribution is 2.21. The minimum Gasteiger partial charge on any atom is -0.484 e. The lowest BCUT2D eigenvalue weighted by Gasteiger charge is -2.10. The molecule has 2 N–H and O–H groups in total. The number of pyridine rings is 1. The van der Waals surface area contributed by atoms with Crippen LogP contribution in [-0.4, -0.2) is 4.98 Å². The molecule has 0 unspecified atom stereocenters. The van der Waals surface area contributed by atoms with Crippen molar-refractivity contribution in [1.29, 1.82) is 0 Å². The molecular weight excluding hydrogens is 243 g/mol. The lowest BCUT2D eigenvalue weighted by atomic mass is 10.1. The summed E-state index contributed by atoms with van der Waals surface area (Å²) in [4.78, 5) is 4.30. The second-order valence-electron chi connectivity index (χ2n) is 4.54. The molecule has 0 bridgehead atoms. The molecule has 1 aromatic heterocycles. The zero-order valence-electron chi connectivity index (χ0n) is 11.1. The van der Waals surface area contributed by atoms with Crippen LogP contribution in [0.2, 0.25) is 0 Å². The summed E-state index contributed by atoms with van der Waals surface area (Å²) in [5.74, 6) is -0.185. The Bertz CT molecular complexity index is 570. The average Bonchev–Trinajstić information content (AvgIpc) is 2.37. The number of nitrogens with two attached hydrogens (primary N) is 1. The van der Waals surface area contributed by atoms with E-state index in [-0.39, 0.29) is 18.4 Å². The summed E-state index contributed by atoms with van der Waals surface area (Å²) in [7, 11) is 0. The summed E-state index contributed by atoms with van der Waals surface area (Å²) in [6.07, 6.45) is 0. The van der Waals surface area contributed by atoms with E-state index in [1.54, 1.807) is 12.1 Å². The van der Waals surface area contributed by atoms with Gasteiger partial charge in [0.05, 0.1) is 5.69 Å². The van der Waals surface area contributed by atoms with Crippen molar-refractivity contribution < 1.29 is 9.13 Å². The standard InChI is InChI=1S/C15H17FN2O/c1-10-4-3-5-13(18-10)9-19-15-7-6-12(11(2)17)8-14(15)16/h3-8,11H,9,17H2,1-2H3/t11-/m0/s1. The predicted molar refractivity (Wildman–Crippen MR) is 72.3 cm³/mol. The molecule has 0 saturated carbocycles. The first-order valence-electron chi connectivity index (χ1n) is 6.16. The average molecular weight is 260 g/mol. The molecule has 2 aromatic rings. The van der Waals surface area contributed by atoms with Gasteiger partial charge in [0, 0.05) is 11.7 Å². The van der Waals surface area contributed by atoms with Crippen LogP contribution < -0.4 is 10.5 Å². The van der Waals surface area contributed by atoms with Crippen LogP contribution in [0.3, 0.4) is 0 Å². The van der Waals surface area contributed by atoms with Crippen molar-refractivity contribution in [3.8, 4) is 5.75 Å². The maximum Gasteiger partial charge on any atom is 0.165 e. The molecule has 100 valence electrons. The van der Waals surface area contributed by atoms with Gasteiger partial charge in [-0.15, -0.1) is 0 Å². The van der Waals surface area contributed by atoms with Crippen LogP contribution in [0.15, 0.2) is 36.4 Å². The van der Waals surface area contributed by atoms with Gasteiger partial charge in [-0.2, -0.15) is 0 Å². The van der Waals surface area contributed by atoms with Crippen LogP contribution in [0.25, 0.3) is 0 Å². The second-order valence-corrected chi connectivity index (χ2v) is 4.54. The summed E-state index contributed by atoms with van der Waals surface area (Å²) in [5.41, 5.74) is 8.13. The Morgan fingerprint density at radius 2 is 2.11 bits per heavy atom. The Morgan fingerprint density at radius 3 is 2.74 bits per heavy atom. The van der Waals surface area contributed by atoms with E-state index in [0.29, 0.717) is 0 Å². The highest BCUT2D eigenvalue weighted by atomic mass is 19.1. The summed E-state index contributed by atoms with van der Waals surface area (Å²) < 4.78 is 19.2. The maximum absolute atomic E-state index is 13.8. The zero-order chi connectivity index (χ0) is 13.8. The van der Waals surface area contributed by atoms with Crippen molar-refractivity contribution in [2.24, 2.45) is 5.73 Å². The number of benzene rings is 1. The van der Waals surface area contributed by atoms with Crippen LogP contribution >= 0.6 is 0 Å². The van der Waals surface area contributed by atoms with Crippen LogP contribution in [0.4, 0.5) is 4.39 Å². The zero-order valence-corrected chi connectivity index (χ0v) is 11.1. The highest BCUT2D eigenvalue weighted by Gasteiger charge is 2.07. The van der Waals surface area contributed by atoms with Crippen LogP contribution in [-0.2, 0) is 6.61 Å². The fourth-order valence-corrected chi connectivity index (χ4v) is 1.75. The molecular formula is C15H17FN2O. The van der Waals surface area contributed by atoms with E-state index >= 15 is 0 Å². The van der Waals surface area contributed by atoms with Gasteiger partial charge in [0.2, 0.25) is 0 Å². The Hall–Kier alpha value is -1.94. The summed E-state index contributed by atoms with van der Waals surface area (Å²) >= 11 is 0. The van der Waals surface area contributed by atoms with Gasteiger partial charge in [-0.3, -0.25) is 4.98 Å². The van der Waals surface area contributed by atoms with Gasteiger partial charge in [-0.25, -0.2) is 4.39 Å². The van der Waals surface area contributed by atoms with Crippen molar-refractivity contribution in [1.82, 2.24) is 4.98 Å². The molecule has 0 radical (unpaired) electrons. The first-order valence-corrected chi connectivity index (χ1v) is 6.16. The molecule has 0 aliphatic carbocycles. The third kappa shape index (κ3) is 3.51. The van der Waals surface area contributed by atoms with Crippen LogP contribution in [0.1, 0.15) is 29.9 Å². The van der Waals surface area contributed by atoms with E-state index < -0.39 is 5.82 Å². The van der Waals surface area contributed by atoms with Gasteiger partial charge < -0.3 is 10.5 Å². The molecule has 0 aliphatic rings. The summed E-state index contributed by atoms with van der Waals surface area (Å²) in [6.45, 7) is 3.96. The molecule has 0 amide bonds. The van der Waals surface area contributed by atoms with E-state index in [1.807, 2.05) is 32.0 Å². The number of aromatic nitrogens is 1. The van der Waals surface area contributed by atoms with E-state index in [0.717, 1.165) is 17.0 Å². The Balaban J connectivity index is 2.07. The molecule has 0 saturated heterocycles. The molecule has 0 aliphatic heterocycles. The molecule has 1 aromatic carbocycles. The lowest BCUT2D eigenvalue weighted by molar-refractivity contribution is 0.285. The minimum absolute atomic E-state index is 0.193. The number of rotatable bonds is 4. The van der Waals surface area contributed by atoms with Crippen molar-refractivity contribution in [2.45, 2.75) is 26.5 Å². The van der Waals surface area contributed by atoms with Crippen LogP contribution in [0, 0.1) is 12.7 Å². The Labute approximate surface area is 112 Å². The first-order chi connectivity index (χ1) is 9.06. The topological polar surface area (TPSA) is 48.1 Å². The van der Waals surface area contributed by atoms with E-state index in [1.165, 1.54) is 6.07 Å². The van der Waals surface area contributed by atoms with Crippen LogP contribution in [0.5, 0.6) is 5.75 Å². The third-order valence-electron chi connectivity index (χ3n) is 2.80. The van der Waals surface area contributed by atoms with Gasteiger partial charge in [-0.1, -0.05) is 12.1 Å². The fourth-order valence-electron chi connectivity index (χ4n) is 1.75. The van der Waals surface area contributed by atoms with Crippen molar-refractivity contribution in [2.75, 3.05) is 0 Å². The van der Waals surface area contributed by atoms with Crippen molar-refractivity contribution in [3.63, 3.8) is 0 Å². The predicted octanol–water partition coefficient (Wildman–Crippen LogP) is 3.13. The normalized spacial score (nSPS) is 12.2.